The first-order valence-corrected chi connectivity index (χ1v) is 10.4. The molecule has 3 aromatic rings. The molecule has 0 spiro atoms. The van der Waals surface area contributed by atoms with E-state index < -0.39 is 6.04 Å². The number of ether oxygens (including phenoxy) is 2. The highest BCUT2D eigenvalue weighted by atomic mass is 16.5. The van der Waals surface area contributed by atoms with Gasteiger partial charge in [0.1, 0.15) is 23.3 Å². The van der Waals surface area contributed by atoms with Crippen LogP contribution in [-0.2, 0) is 22.4 Å². The minimum Gasteiger partial charge on any atom is -0.497 e. The van der Waals surface area contributed by atoms with Crippen LogP contribution in [-0.4, -0.2) is 25.5 Å². The minimum absolute atomic E-state index is 0.103. The quantitative estimate of drug-likeness (QED) is 0.541. The molecule has 5 rings (SSSR count). The molecular formula is C25H25N3O4. The number of fused-ring (bicyclic) bond motifs is 9. The molecular weight excluding hydrogens is 406 g/mol. The number of amides is 2. The van der Waals surface area contributed by atoms with E-state index in [2.05, 4.69) is 10.6 Å². The van der Waals surface area contributed by atoms with Gasteiger partial charge in [0.15, 0.2) is 0 Å². The topological polar surface area (TPSA) is 103 Å². The zero-order valence-electron chi connectivity index (χ0n) is 17.8. The van der Waals surface area contributed by atoms with Gasteiger partial charge < -0.3 is 25.8 Å². The molecule has 4 N–H and O–H groups in total. The van der Waals surface area contributed by atoms with Crippen LogP contribution in [0.15, 0.2) is 66.7 Å². The third-order valence-electron chi connectivity index (χ3n) is 5.29. The molecule has 32 heavy (non-hydrogen) atoms. The number of hydrogen-bond donors (Lipinski definition) is 3. The molecule has 2 heterocycles. The first-order valence-electron chi connectivity index (χ1n) is 10.4. The van der Waals surface area contributed by atoms with Crippen molar-refractivity contribution >= 4 is 17.5 Å². The standard InChI is InChI=1S/C25H25N3O4/c1-31-19-8-6-18(7-9-19)24-25(30)27-12-11-16-5-10-22(21(26)14-16)32-20-4-2-3-17(13-20)15-23(29)28-24/h2-10,13-14,24H,11-12,15,26H2,1H3,(H,27,30)(H,28,29)/t24-/m0/s1. The summed E-state index contributed by atoms with van der Waals surface area (Å²) in [6, 6.07) is 19.1. The van der Waals surface area contributed by atoms with Crippen LogP contribution in [0.25, 0.3) is 0 Å². The predicted octanol–water partition coefficient (Wildman–Crippen LogP) is 3.14. The summed E-state index contributed by atoms with van der Waals surface area (Å²) in [5.41, 5.74) is 9.08. The van der Waals surface area contributed by atoms with E-state index in [4.69, 9.17) is 15.2 Å². The van der Waals surface area contributed by atoms with E-state index in [-0.39, 0.29) is 18.2 Å². The normalized spacial score (nSPS) is 16.6. The molecule has 0 fully saturated rings. The average molecular weight is 431 g/mol. The van der Waals surface area contributed by atoms with Crippen molar-refractivity contribution in [2.75, 3.05) is 19.4 Å². The van der Waals surface area contributed by atoms with Crippen molar-refractivity contribution in [2.24, 2.45) is 0 Å². The van der Waals surface area contributed by atoms with Crippen LogP contribution in [0.1, 0.15) is 22.7 Å². The highest BCUT2D eigenvalue weighted by Gasteiger charge is 2.23. The Kier molecular flexibility index (Phi) is 6.26. The molecule has 1 atom stereocenters. The number of nitrogen functional groups attached to an aromatic ring is 1. The van der Waals surface area contributed by atoms with Gasteiger partial charge in [0, 0.05) is 6.54 Å². The SMILES string of the molecule is COc1ccc([C@@H]2NC(=O)Cc3cccc(c3)Oc3ccc(cc3N)CCNC2=O)cc1. The number of hydrogen-bond acceptors (Lipinski definition) is 5. The Morgan fingerprint density at radius 3 is 2.56 bits per heavy atom. The first-order chi connectivity index (χ1) is 15.5. The summed E-state index contributed by atoms with van der Waals surface area (Å²) < 4.78 is 11.1. The van der Waals surface area contributed by atoms with Crippen molar-refractivity contribution in [1.29, 1.82) is 0 Å². The molecule has 2 aliphatic rings. The van der Waals surface area contributed by atoms with Crippen molar-refractivity contribution in [1.82, 2.24) is 10.6 Å². The molecule has 0 unspecified atom stereocenters. The van der Waals surface area contributed by atoms with Crippen LogP contribution in [0.2, 0.25) is 0 Å². The fourth-order valence-corrected chi connectivity index (χ4v) is 3.62. The molecule has 2 aliphatic heterocycles. The fraction of sp³-hybridized carbons (Fsp3) is 0.200. The Morgan fingerprint density at radius 2 is 1.81 bits per heavy atom. The number of rotatable bonds is 2. The second-order valence-corrected chi connectivity index (χ2v) is 7.61. The summed E-state index contributed by atoms with van der Waals surface area (Å²) in [5, 5.41) is 5.78. The number of nitrogens with two attached hydrogens (primary N) is 1. The van der Waals surface area contributed by atoms with Crippen LogP contribution in [0.3, 0.4) is 0 Å². The van der Waals surface area contributed by atoms with Gasteiger partial charge in [0.25, 0.3) is 0 Å². The van der Waals surface area contributed by atoms with Crippen LogP contribution < -0.4 is 25.8 Å². The molecule has 0 aliphatic carbocycles. The van der Waals surface area contributed by atoms with E-state index in [9.17, 15) is 9.59 Å². The smallest absolute Gasteiger partial charge is 0.247 e. The number of nitrogens with one attached hydrogen (secondary N) is 2. The Hall–Kier alpha value is -4.00. The maximum Gasteiger partial charge on any atom is 0.247 e. The van der Waals surface area contributed by atoms with Crippen LogP contribution in [0, 0.1) is 0 Å². The van der Waals surface area contributed by atoms with Gasteiger partial charge in [-0.2, -0.15) is 0 Å². The lowest BCUT2D eigenvalue weighted by Gasteiger charge is -2.20. The van der Waals surface area contributed by atoms with Crippen molar-refractivity contribution in [2.45, 2.75) is 18.9 Å². The van der Waals surface area contributed by atoms with Gasteiger partial charge in [-0.15, -0.1) is 0 Å². The molecule has 7 nitrogen and oxygen atoms in total. The number of carbonyl (C=O) groups excluding carboxylic acids is 2. The Balaban J connectivity index is 1.66. The summed E-state index contributed by atoms with van der Waals surface area (Å²) >= 11 is 0. The second-order valence-electron chi connectivity index (χ2n) is 7.61. The van der Waals surface area contributed by atoms with Crippen LogP contribution in [0.4, 0.5) is 5.69 Å². The molecule has 164 valence electrons. The van der Waals surface area contributed by atoms with Crippen LogP contribution in [0.5, 0.6) is 17.2 Å². The van der Waals surface area contributed by atoms with E-state index in [1.54, 1.807) is 37.4 Å². The van der Waals surface area contributed by atoms with E-state index in [0.29, 0.717) is 41.5 Å². The predicted molar refractivity (Wildman–Crippen MR) is 122 cm³/mol. The molecule has 3 aromatic carbocycles. The molecule has 7 heteroatoms. The number of anilines is 1. The summed E-state index contributed by atoms with van der Waals surface area (Å²) in [5.74, 6) is 1.26. The molecule has 2 amide bonds. The Bertz CT molecular complexity index is 1130. The highest BCUT2D eigenvalue weighted by Crippen LogP contribution is 2.29. The van der Waals surface area contributed by atoms with Gasteiger partial charge in [-0.25, -0.2) is 0 Å². The van der Waals surface area contributed by atoms with E-state index in [1.807, 2.05) is 36.4 Å². The van der Waals surface area contributed by atoms with Crippen molar-refractivity contribution < 1.29 is 19.1 Å². The maximum absolute atomic E-state index is 13.0. The summed E-state index contributed by atoms with van der Waals surface area (Å²) in [4.78, 5) is 25.8. The average Bonchev–Trinajstić information content (AvgIpc) is 2.79. The molecule has 0 saturated carbocycles. The van der Waals surface area contributed by atoms with Gasteiger partial charge in [-0.05, 0) is 59.5 Å². The Labute approximate surface area is 186 Å². The molecule has 0 radical (unpaired) electrons. The molecule has 0 saturated heterocycles. The van der Waals surface area contributed by atoms with E-state index in [1.165, 1.54) is 0 Å². The largest absolute Gasteiger partial charge is 0.497 e. The first kappa shape index (κ1) is 21.2. The van der Waals surface area contributed by atoms with Crippen LogP contribution >= 0.6 is 0 Å². The van der Waals surface area contributed by atoms with Gasteiger partial charge in [-0.3, -0.25) is 9.59 Å². The summed E-state index contributed by atoms with van der Waals surface area (Å²) in [6.45, 7) is 0.403. The minimum atomic E-state index is -0.826. The lowest BCUT2D eigenvalue weighted by molar-refractivity contribution is -0.128. The highest BCUT2D eigenvalue weighted by molar-refractivity contribution is 5.89. The van der Waals surface area contributed by atoms with Crippen molar-refractivity contribution in [3.05, 3.63) is 83.4 Å². The number of benzene rings is 3. The zero-order valence-corrected chi connectivity index (χ0v) is 17.8. The van der Waals surface area contributed by atoms with Gasteiger partial charge in [0.05, 0.1) is 19.2 Å². The number of methoxy groups -OCH3 is 1. The van der Waals surface area contributed by atoms with Crippen molar-refractivity contribution in [3.63, 3.8) is 0 Å². The third kappa shape index (κ3) is 5.00. The molecule has 0 aromatic heterocycles. The van der Waals surface area contributed by atoms with Gasteiger partial charge in [-0.1, -0.05) is 30.3 Å². The third-order valence-corrected chi connectivity index (χ3v) is 5.29. The van der Waals surface area contributed by atoms with Gasteiger partial charge in [0.2, 0.25) is 11.8 Å². The maximum atomic E-state index is 13.0. The Morgan fingerprint density at radius 1 is 1.00 bits per heavy atom. The lowest BCUT2D eigenvalue weighted by atomic mass is 10.0. The number of carbonyl (C=O) groups is 2. The lowest BCUT2D eigenvalue weighted by Crippen LogP contribution is -2.41. The summed E-state index contributed by atoms with van der Waals surface area (Å²) in [7, 11) is 1.58. The summed E-state index contributed by atoms with van der Waals surface area (Å²) in [6.07, 6.45) is 0.695. The zero-order chi connectivity index (χ0) is 22.5. The molecule has 4 bridgehead atoms. The monoisotopic (exact) mass is 431 g/mol. The second kappa shape index (κ2) is 9.43. The van der Waals surface area contributed by atoms with E-state index in [0.717, 1.165) is 11.1 Å². The van der Waals surface area contributed by atoms with E-state index >= 15 is 0 Å². The van der Waals surface area contributed by atoms with Crippen molar-refractivity contribution in [3.8, 4) is 17.2 Å². The van der Waals surface area contributed by atoms with Gasteiger partial charge >= 0.3 is 0 Å². The fourth-order valence-electron chi connectivity index (χ4n) is 3.62.